The molecular weight excluding hydrogens is 282 g/mol. The normalized spacial score (nSPS) is 32.3. The lowest BCUT2D eigenvalue weighted by molar-refractivity contribution is -0.132. The highest BCUT2D eigenvalue weighted by Gasteiger charge is 2.48. The molecule has 3 unspecified atom stereocenters. The van der Waals surface area contributed by atoms with E-state index in [9.17, 15) is 4.79 Å². The van der Waals surface area contributed by atoms with E-state index in [4.69, 9.17) is 0 Å². The number of rotatable bonds is 8. The first-order valence-electron chi connectivity index (χ1n) is 9.79. The molecule has 0 aromatic heterocycles. The first-order chi connectivity index (χ1) is 10.5. The summed E-state index contributed by atoms with van der Waals surface area (Å²) in [7, 11) is 0. The summed E-state index contributed by atoms with van der Waals surface area (Å²) in [5.74, 6) is 2.62. The van der Waals surface area contributed by atoms with E-state index in [1.807, 2.05) is 0 Å². The Balaban J connectivity index is 2.96. The molecule has 3 atom stereocenters. The maximum Gasteiger partial charge on any atom is 0.139 e. The van der Waals surface area contributed by atoms with Crippen molar-refractivity contribution >= 4 is 5.78 Å². The second-order valence-electron chi connectivity index (χ2n) is 9.79. The first-order valence-corrected chi connectivity index (χ1v) is 9.79. The number of carbonyl (C=O) groups is 1. The molecule has 23 heavy (non-hydrogen) atoms. The molecule has 1 aliphatic rings. The Bertz CT molecular complexity index is 387. The van der Waals surface area contributed by atoms with Crippen LogP contribution in [0.15, 0.2) is 0 Å². The van der Waals surface area contributed by atoms with Crippen LogP contribution in [-0.4, -0.2) is 16.9 Å². The van der Waals surface area contributed by atoms with Gasteiger partial charge < -0.3 is 5.32 Å². The highest BCUT2D eigenvalue weighted by molar-refractivity contribution is 5.84. The standard InChI is InChI=1S/C21H41NO/c1-15(2)9-11-20(7)14-19(23)18(13-17(5)6)21(8,22-20)12-10-16(3)4/h15-18,22H,9-14H2,1-8H3. The first kappa shape index (κ1) is 20.7. The summed E-state index contributed by atoms with van der Waals surface area (Å²) in [5, 5.41) is 3.98. The highest BCUT2D eigenvalue weighted by atomic mass is 16.1. The van der Waals surface area contributed by atoms with Crippen LogP contribution in [-0.2, 0) is 4.79 Å². The molecule has 0 aliphatic carbocycles. The maximum atomic E-state index is 13.0. The van der Waals surface area contributed by atoms with Crippen molar-refractivity contribution in [3.8, 4) is 0 Å². The number of hydrogen-bond donors (Lipinski definition) is 1. The van der Waals surface area contributed by atoms with Gasteiger partial charge in [0.05, 0.1) is 0 Å². The third-order valence-corrected chi connectivity index (χ3v) is 5.53. The van der Waals surface area contributed by atoms with Crippen molar-refractivity contribution in [2.75, 3.05) is 0 Å². The monoisotopic (exact) mass is 323 g/mol. The Hall–Kier alpha value is -0.370. The van der Waals surface area contributed by atoms with Gasteiger partial charge in [0.15, 0.2) is 0 Å². The summed E-state index contributed by atoms with van der Waals surface area (Å²) in [5.41, 5.74) is -0.0732. The summed E-state index contributed by atoms with van der Waals surface area (Å²) in [6.45, 7) is 18.2. The predicted molar refractivity (Wildman–Crippen MR) is 101 cm³/mol. The van der Waals surface area contributed by atoms with Crippen LogP contribution >= 0.6 is 0 Å². The average Bonchev–Trinajstić information content (AvgIpc) is 2.39. The van der Waals surface area contributed by atoms with Gasteiger partial charge >= 0.3 is 0 Å². The lowest BCUT2D eigenvalue weighted by atomic mass is 9.66. The predicted octanol–water partition coefficient (Wildman–Crippen LogP) is 5.60. The van der Waals surface area contributed by atoms with Crippen LogP contribution < -0.4 is 5.32 Å². The molecule has 1 heterocycles. The molecule has 0 aromatic rings. The van der Waals surface area contributed by atoms with Gasteiger partial charge in [0.1, 0.15) is 5.78 Å². The van der Waals surface area contributed by atoms with E-state index in [0.717, 1.165) is 19.3 Å². The number of ketones is 1. The van der Waals surface area contributed by atoms with Crippen LogP contribution in [0.2, 0.25) is 0 Å². The Morgan fingerprint density at radius 2 is 1.48 bits per heavy atom. The van der Waals surface area contributed by atoms with Gasteiger partial charge in [-0.25, -0.2) is 0 Å². The van der Waals surface area contributed by atoms with Crippen molar-refractivity contribution in [1.29, 1.82) is 0 Å². The molecule has 0 amide bonds. The molecule has 1 aliphatic heterocycles. The quantitative estimate of drug-likeness (QED) is 0.630. The van der Waals surface area contributed by atoms with Crippen molar-refractivity contribution < 1.29 is 4.79 Å². The molecule has 1 fully saturated rings. The second-order valence-corrected chi connectivity index (χ2v) is 9.79. The third-order valence-electron chi connectivity index (χ3n) is 5.53. The summed E-state index contributed by atoms with van der Waals surface area (Å²) in [4.78, 5) is 13.0. The van der Waals surface area contributed by atoms with Crippen LogP contribution in [0.1, 0.15) is 93.9 Å². The summed E-state index contributed by atoms with van der Waals surface area (Å²) in [6, 6.07) is 0. The number of nitrogens with one attached hydrogen (secondary N) is 1. The molecule has 2 nitrogen and oxygen atoms in total. The number of piperidine rings is 1. The molecule has 136 valence electrons. The lowest BCUT2D eigenvalue weighted by Crippen LogP contribution is -2.66. The molecule has 2 heteroatoms. The Kier molecular flexibility index (Phi) is 7.32. The van der Waals surface area contributed by atoms with Gasteiger partial charge in [0.25, 0.3) is 0 Å². The van der Waals surface area contributed by atoms with E-state index in [1.165, 1.54) is 12.8 Å². The van der Waals surface area contributed by atoms with Crippen molar-refractivity contribution in [1.82, 2.24) is 5.32 Å². The van der Waals surface area contributed by atoms with E-state index >= 15 is 0 Å². The number of carbonyl (C=O) groups excluding carboxylic acids is 1. The number of hydrogen-bond acceptors (Lipinski definition) is 2. The second kappa shape index (κ2) is 8.14. The van der Waals surface area contributed by atoms with Gasteiger partial charge in [-0.05, 0) is 63.7 Å². The van der Waals surface area contributed by atoms with Crippen LogP contribution in [0.3, 0.4) is 0 Å². The highest BCUT2D eigenvalue weighted by Crippen LogP contribution is 2.40. The van der Waals surface area contributed by atoms with Gasteiger partial charge in [-0.2, -0.15) is 0 Å². The van der Waals surface area contributed by atoms with Crippen LogP contribution in [0.4, 0.5) is 0 Å². The molecule has 0 radical (unpaired) electrons. The van der Waals surface area contributed by atoms with Crippen LogP contribution in [0, 0.1) is 23.7 Å². The van der Waals surface area contributed by atoms with Crippen LogP contribution in [0.5, 0.6) is 0 Å². The molecule has 1 N–H and O–H groups in total. The zero-order valence-corrected chi connectivity index (χ0v) is 17.0. The summed E-state index contributed by atoms with van der Waals surface area (Å²) >= 11 is 0. The van der Waals surface area contributed by atoms with Gasteiger partial charge in [-0.3, -0.25) is 4.79 Å². The third kappa shape index (κ3) is 6.21. The zero-order valence-electron chi connectivity index (χ0n) is 17.0. The fourth-order valence-electron chi connectivity index (χ4n) is 4.13. The van der Waals surface area contributed by atoms with E-state index < -0.39 is 0 Å². The lowest BCUT2D eigenvalue weighted by Gasteiger charge is -2.51. The summed E-state index contributed by atoms with van der Waals surface area (Å²) < 4.78 is 0. The fraction of sp³-hybridized carbons (Fsp3) is 0.952. The minimum atomic E-state index is -0.0460. The smallest absolute Gasteiger partial charge is 0.139 e. The molecule has 1 saturated heterocycles. The van der Waals surface area contributed by atoms with Crippen molar-refractivity contribution in [2.24, 2.45) is 23.7 Å². The number of Topliss-reactive ketones (excluding diaryl/α,β-unsaturated/α-hetero) is 1. The minimum absolute atomic E-state index is 0.0272. The summed E-state index contributed by atoms with van der Waals surface area (Å²) in [6.07, 6.45) is 6.29. The average molecular weight is 324 g/mol. The van der Waals surface area contributed by atoms with E-state index in [2.05, 4.69) is 60.7 Å². The molecule has 0 bridgehead atoms. The van der Waals surface area contributed by atoms with Crippen molar-refractivity contribution in [3.05, 3.63) is 0 Å². The van der Waals surface area contributed by atoms with E-state index in [0.29, 0.717) is 30.0 Å². The maximum absolute atomic E-state index is 13.0. The van der Waals surface area contributed by atoms with Gasteiger partial charge in [-0.15, -0.1) is 0 Å². The van der Waals surface area contributed by atoms with Crippen molar-refractivity contribution in [3.63, 3.8) is 0 Å². The Morgan fingerprint density at radius 1 is 0.957 bits per heavy atom. The topological polar surface area (TPSA) is 29.1 Å². The van der Waals surface area contributed by atoms with Crippen molar-refractivity contribution in [2.45, 2.75) is 105 Å². The molecular formula is C21H41NO. The van der Waals surface area contributed by atoms with Gasteiger partial charge in [0.2, 0.25) is 0 Å². The van der Waals surface area contributed by atoms with Gasteiger partial charge in [-0.1, -0.05) is 41.5 Å². The fourth-order valence-corrected chi connectivity index (χ4v) is 4.13. The van der Waals surface area contributed by atoms with E-state index in [-0.39, 0.29) is 17.0 Å². The zero-order chi connectivity index (χ0) is 17.8. The SMILES string of the molecule is CC(C)CCC1(C)CC(=O)C(CC(C)C)C(C)(CCC(C)C)N1. The van der Waals surface area contributed by atoms with E-state index in [1.54, 1.807) is 0 Å². The largest absolute Gasteiger partial charge is 0.305 e. The van der Waals surface area contributed by atoms with Gasteiger partial charge in [0, 0.05) is 23.4 Å². The Labute approximate surface area is 145 Å². The minimum Gasteiger partial charge on any atom is -0.305 e. The van der Waals surface area contributed by atoms with Crippen LogP contribution in [0.25, 0.3) is 0 Å². The molecule has 1 rings (SSSR count). The molecule has 0 spiro atoms. The molecule has 0 aromatic carbocycles. The Morgan fingerprint density at radius 3 is 1.96 bits per heavy atom. The molecule has 0 saturated carbocycles.